The summed E-state index contributed by atoms with van der Waals surface area (Å²) in [5, 5.41) is 7.32. The van der Waals surface area contributed by atoms with E-state index in [2.05, 4.69) is 41.6 Å². The molecule has 0 aliphatic carbocycles. The fourth-order valence-electron chi connectivity index (χ4n) is 2.80. The van der Waals surface area contributed by atoms with E-state index in [-0.39, 0.29) is 11.9 Å². The van der Waals surface area contributed by atoms with Crippen LogP contribution in [0.5, 0.6) is 0 Å². The average molecular weight is 313 g/mol. The SMILES string of the molecule is Cc1c([C@@H](C)NC(=O)C[C@@H](C)CCc2ccccc2)cnn1C. The monoisotopic (exact) mass is 313 g/mol. The summed E-state index contributed by atoms with van der Waals surface area (Å²) in [6, 6.07) is 10.4. The number of carbonyl (C=O) groups is 1. The number of aromatic nitrogens is 2. The van der Waals surface area contributed by atoms with Crippen LogP contribution >= 0.6 is 0 Å². The molecule has 1 heterocycles. The largest absolute Gasteiger partial charge is 0.349 e. The number of nitrogens with one attached hydrogen (secondary N) is 1. The molecule has 0 aliphatic rings. The zero-order valence-corrected chi connectivity index (χ0v) is 14.5. The van der Waals surface area contributed by atoms with Gasteiger partial charge in [-0.05, 0) is 38.2 Å². The molecule has 1 aromatic heterocycles. The first-order chi connectivity index (χ1) is 11.0. The summed E-state index contributed by atoms with van der Waals surface area (Å²) in [7, 11) is 1.92. The third-order valence-corrected chi connectivity index (χ3v) is 4.42. The molecule has 1 N–H and O–H groups in total. The molecule has 0 spiro atoms. The highest BCUT2D eigenvalue weighted by Gasteiger charge is 2.16. The van der Waals surface area contributed by atoms with Gasteiger partial charge in [0, 0.05) is 24.7 Å². The Morgan fingerprint density at radius 1 is 1.26 bits per heavy atom. The van der Waals surface area contributed by atoms with Crippen LogP contribution in [0.2, 0.25) is 0 Å². The van der Waals surface area contributed by atoms with Gasteiger partial charge in [0.25, 0.3) is 0 Å². The molecule has 2 aromatic rings. The lowest BCUT2D eigenvalue weighted by Crippen LogP contribution is -2.28. The van der Waals surface area contributed by atoms with Crippen LogP contribution in [0, 0.1) is 12.8 Å². The van der Waals surface area contributed by atoms with Gasteiger partial charge in [-0.15, -0.1) is 0 Å². The highest BCUT2D eigenvalue weighted by molar-refractivity contribution is 5.76. The minimum atomic E-state index is -0.00229. The molecule has 23 heavy (non-hydrogen) atoms. The van der Waals surface area contributed by atoms with E-state index in [1.54, 1.807) is 0 Å². The first-order valence-corrected chi connectivity index (χ1v) is 8.29. The van der Waals surface area contributed by atoms with Crippen molar-refractivity contribution in [3.05, 3.63) is 53.3 Å². The Kier molecular flexibility index (Phi) is 5.97. The van der Waals surface area contributed by atoms with Gasteiger partial charge in [0.1, 0.15) is 0 Å². The van der Waals surface area contributed by atoms with Gasteiger partial charge in [-0.1, -0.05) is 37.3 Å². The van der Waals surface area contributed by atoms with Crippen LogP contribution in [0.3, 0.4) is 0 Å². The van der Waals surface area contributed by atoms with Crippen molar-refractivity contribution in [2.75, 3.05) is 0 Å². The van der Waals surface area contributed by atoms with E-state index in [1.165, 1.54) is 5.56 Å². The summed E-state index contributed by atoms with van der Waals surface area (Å²) >= 11 is 0. The van der Waals surface area contributed by atoms with Crippen molar-refractivity contribution in [2.24, 2.45) is 13.0 Å². The quantitative estimate of drug-likeness (QED) is 0.849. The summed E-state index contributed by atoms with van der Waals surface area (Å²) in [5.74, 6) is 0.485. The number of carbonyl (C=O) groups excluding carboxylic acids is 1. The van der Waals surface area contributed by atoms with Crippen LogP contribution in [-0.4, -0.2) is 15.7 Å². The lowest BCUT2D eigenvalue weighted by Gasteiger charge is -2.16. The maximum atomic E-state index is 12.2. The molecule has 4 heteroatoms. The molecule has 0 bridgehead atoms. The van der Waals surface area contributed by atoms with Gasteiger partial charge >= 0.3 is 0 Å². The number of benzene rings is 1. The third-order valence-electron chi connectivity index (χ3n) is 4.42. The van der Waals surface area contributed by atoms with E-state index in [4.69, 9.17) is 0 Å². The Morgan fingerprint density at radius 3 is 2.57 bits per heavy atom. The van der Waals surface area contributed by atoms with Crippen LogP contribution < -0.4 is 5.32 Å². The Labute approximate surface area is 138 Å². The van der Waals surface area contributed by atoms with Crippen molar-refractivity contribution in [1.82, 2.24) is 15.1 Å². The second kappa shape index (κ2) is 7.95. The first kappa shape index (κ1) is 17.3. The van der Waals surface area contributed by atoms with Gasteiger partial charge in [0.05, 0.1) is 12.2 Å². The van der Waals surface area contributed by atoms with Gasteiger partial charge < -0.3 is 5.32 Å². The molecule has 0 radical (unpaired) electrons. The van der Waals surface area contributed by atoms with Crippen LogP contribution in [-0.2, 0) is 18.3 Å². The number of hydrogen-bond acceptors (Lipinski definition) is 2. The summed E-state index contributed by atoms with van der Waals surface area (Å²) in [6.45, 7) is 6.17. The van der Waals surface area contributed by atoms with Crippen molar-refractivity contribution < 1.29 is 4.79 Å². The van der Waals surface area contributed by atoms with Crippen molar-refractivity contribution in [3.8, 4) is 0 Å². The van der Waals surface area contributed by atoms with E-state index in [0.29, 0.717) is 12.3 Å². The normalized spacial score (nSPS) is 13.6. The highest BCUT2D eigenvalue weighted by Crippen LogP contribution is 2.17. The van der Waals surface area contributed by atoms with E-state index in [0.717, 1.165) is 24.1 Å². The van der Waals surface area contributed by atoms with Gasteiger partial charge in [0.2, 0.25) is 5.91 Å². The van der Waals surface area contributed by atoms with E-state index in [1.807, 2.05) is 37.8 Å². The molecule has 0 fully saturated rings. The Bertz CT molecular complexity index is 633. The number of hydrogen-bond donors (Lipinski definition) is 1. The predicted molar refractivity (Wildman–Crippen MR) is 93.0 cm³/mol. The minimum absolute atomic E-state index is 0.00229. The summed E-state index contributed by atoms with van der Waals surface area (Å²) in [6.07, 6.45) is 4.44. The van der Waals surface area contributed by atoms with Gasteiger partial charge in [-0.2, -0.15) is 5.10 Å². The smallest absolute Gasteiger partial charge is 0.220 e. The molecule has 124 valence electrons. The number of nitrogens with zero attached hydrogens (tertiary/aromatic N) is 2. The molecule has 1 amide bonds. The van der Waals surface area contributed by atoms with Crippen molar-refractivity contribution in [1.29, 1.82) is 0 Å². The van der Waals surface area contributed by atoms with Crippen molar-refractivity contribution in [3.63, 3.8) is 0 Å². The lowest BCUT2D eigenvalue weighted by molar-refractivity contribution is -0.122. The molecule has 0 unspecified atom stereocenters. The third kappa shape index (κ3) is 4.95. The van der Waals surface area contributed by atoms with Crippen LogP contribution in [0.4, 0.5) is 0 Å². The van der Waals surface area contributed by atoms with Crippen LogP contribution in [0.15, 0.2) is 36.5 Å². The number of aryl methyl sites for hydroxylation is 2. The molecule has 1 aromatic carbocycles. The first-order valence-electron chi connectivity index (χ1n) is 8.29. The van der Waals surface area contributed by atoms with Crippen LogP contribution in [0.25, 0.3) is 0 Å². The topological polar surface area (TPSA) is 46.9 Å². The molecule has 2 atom stereocenters. The maximum absolute atomic E-state index is 12.2. The fourth-order valence-corrected chi connectivity index (χ4v) is 2.80. The average Bonchev–Trinajstić information content (AvgIpc) is 2.86. The van der Waals surface area contributed by atoms with Crippen LogP contribution in [0.1, 0.15) is 49.6 Å². The number of rotatable bonds is 7. The van der Waals surface area contributed by atoms with Gasteiger partial charge in [-0.25, -0.2) is 0 Å². The standard InChI is InChI=1S/C19H27N3O/c1-14(10-11-17-8-6-5-7-9-17)12-19(23)21-15(2)18-13-20-22(4)16(18)3/h5-9,13-15H,10-12H2,1-4H3,(H,21,23)/t14-,15+/m0/s1. The van der Waals surface area contributed by atoms with E-state index < -0.39 is 0 Å². The summed E-state index contributed by atoms with van der Waals surface area (Å²) < 4.78 is 1.83. The van der Waals surface area contributed by atoms with E-state index in [9.17, 15) is 4.79 Å². The second-order valence-corrected chi connectivity index (χ2v) is 6.43. The fraction of sp³-hybridized carbons (Fsp3) is 0.474. The highest BCUT2D eigenvalue weighted by atomic mass is 16.1. The number of amides is 1. The minimum Gasteiger partial charge on any atom is -0.349 e. The maximum Gasteiger partial charge on any atom is 0.220 e. The van der Waals surface area contributed by atoms with Gasteiger partial charge in [0.15, 0.2) is 0 Å². The molecule has 0 aliphatic heterocycles. The lowest BCUT2D eigenvalue weighted by atomic mass is 9.97. The summed E-state index contributed by atoms with van der Waals surface area (Å²) in [5.41, 5.74) is 3.51. The molecule has 0 saturated heterocycles. The second-order valence-electron chi connectivity index (χ2n) is 6.43. The molecule has 4 nitrogen and oxygen atoms in total. The molecule has 2 rings (SSSR count). The molecule has 0 saturated carbocycles. The summed E-state index contributed by atoms with van der Waals surface area (Å²) in [4.78, 5) is 12.2. The zero-order valence-electron chi connectivity index (χ0n) is 14.5. The van der Waals surface area contributed by atoms with Crippen molar-refractivity contribution in [2.45, 2.75) is 46.1 Å². The predicted octanol–water partition coefficient (Wildman–Crippen LogP) is 3.56. The van der Waals surface area contributed by atoms with Crippen molar-refractivity contribution >= 4 is 5.91 Å². The molecular weight excluding hydrogens is 286 g/mol. The zero-order chi connectivity index (χ0) is 16.8. The Balaban J connectivity index is 1.78. The Morgan fingerprint density at radius 2 is 1.96 bits per heavy atom. The van der Waals surface area contributed by atoms with E-state index >= 15 is 0 Å². The van der Waals surface area contributed by atoms with Gasteiger partial charge in [-0.3, -0.25) is 9.48 Å². The molecular formula is C19H27N3O. The Hall–Kier alpha value is -2.10.